The molecule has 112 valence electrons. The zero-order valence-corrected chi connectivity index (χ0v) is 12.4. The van der Waals surface area contributed by atoms with Crippen LogP contribution in [0.5, 0.6) is 0 Å². The summed E-state index contributed by atoms with van der Waals surface area (Å²) in [5, 5.41) is 4.13. The Hall–Kier alpha value is -1.81. The summed E-state index contributed by atoms with van der Waals surface area (Å²) < 4.78 is 0. The van der Waals surface area contributed by atoms with Crippen molar-refractivity contribution < 1.29 is 4.79 Å². The Labute approximate surface area is 125 Å². The van der Waals surface area contributed by atoms with E-state index in [0.717, 1.165) is 29.6 Å². The average molecular weight is 285 g/mol. The molecule has 1 saturated heterocycles. The molecule has 0 aliphatic carbocycles. The van der Waals surface area contributed by atoms with Crippen molar-refractivity contribution in [2.24, 2.45) is 0 Å². The minimum absolute atomic E-state index is 0.0119. The van der Waals surface area contributed by atoms with Gasteiger partial charge in [-0.25, -0.2) is 0 Å². The molecule has 0 radical (unpaired) electrons. The third kappa shape index (κ3) is 3.45. The molecule has 2 N–H and O–H groups in total. The summed E-state index contributed by atoms with van der Waals surface area (Å²) in [4.78, 5) is 17.9. The molecule has 1 aromatic carbocycles. The third-order valence-corrected chi connectivity index (χ3v) is 4.24. The normalized spacial score (nSPS) is 16.8. The lowest BCUT2D eigenvalue weighted by Gasteiger charge is -2.19. The Morgan fingerprint density at radius 3 is 2.76 bits per heavy atom. The van der Waals surface area contributed by atoms with Crippen molar-refractivity contribution in [1.29, 1.82) is 0 Å². The smallest absolute Gasteiger partial charge is 0.253 e. The van der Waals surface area contributed by atoms with E-state index in [1.54, 1.807) is 0 Å². The van der Waals surface area contributed by atoms with Gasteiger partial charge in [0.2, 0.25) is 0 Å². The van der Waals surface area contributed by atoms with Crippen LogP contribution in [0.1, 0.15) is 36.0 Å². The highest BCUT2D eigenvalue weighted by Gasteiger charge is 2.12. The molecule has 0 saturated carbocycles. The number of hydrogen-bond donors (Lipinski definition) is 2. The SMILES string of the molecule is O=C(NCCN1CCCCCC1)c1cccc2cc[nH]c12. The number of rotatable bonds is 4. The first-order chi connectivity index (χ1) is 10.3. The van der Waals surface area contributed by atoms with Gasteiger partial charge >= 0.3 is 0 Å². The number of carbonyl (C=O) groups excluding carboxylic acids is 1. The molecule has 2 aromatic rings. The fraction of sp³-hybridized carbons (Fsp3) is 0.471. The maximum atomic E-state index is 12.3. The summed E-state index contributed by atoms with van der Waals surface area (Å²) in [6.45, 7) is 4.01. The van der Waals surface area contributed by atoms with Crippen LogP contribution in [0, 0.1) is 0 Å². The first-order valence-electron chi connectivity index (χ1n) is 7.91. The van der Waals surface area contributed by atoms with Gasteiger partial charge in [0.15, 0.2) is 0 Å². The number of para-hydroxylation sites is 1. The number of H-pyrrole nitrogens is 1. The summed E-state index contributed by atoms with van der Waals surface area (Å²) in [5.74, 6) is 0.0119. The van der Waals surface area contributed by atoms with Crippen LogP contribution in [0.25, 0.3) is 10.9 Å². The first-order valence-corrected chi connectivity index (χ1v) is 7.91. The molecule has 0 atom stereocenters. The van der Waals surface area contributed by atoms with Gasteiger partial charge in [0.1, 0.15) is 0 Å². The molecule has 1 fully saturated rings. The molecular weight excluding hydrogens is 262 g/mol. The average Bonchev–Trinajstić information content (AvgIpc) is 2.83. The van der Waals surface area contributed by atoms with Crippen molar-refractivity contribution >= 4 is 16.8 Å². The van der Waals surface area contributed by atoms with Crippen LogP contribution in [0.2, 0.25) is 0 Å². The van der Waals surface area contributed by atoms with E-state index in [4.69, 9.17) is 0 Å². The van der Waals surface area contributed by atoms with Crippen LogP contribution in [0.3, 0.4) is 0 Å². The van der Waals surface area contributed by atoms with E-state index in [-0.39, 0.29) is 5.91 Å². The number of aromatic nitrogens is 1. The van der Waals surface area contributed by atoms with Crippen molar-refractivity contribution in [3.05, 3.63) is 36.0 Å². The Kier molecular flexibility index (Phi) is 4.55. The zero-order chi connectivity index (χ0) is 14.5. The van der Waals surface area contributed by atoms with Gasteiger partial charge in [0, 0.05) is 24.7 Å². The number of aromatic amines is 1. The van der Waals surface area contributed by atoms with Gasteiger partial charge in [-0.2, -0.15) is 0 Å². The van der Waals surface area contributed by atoms with Crippen molar-refractivity contribution in [2.45, 2.75) is 25.7 Å². The molecule has 4 nitrogen and oxygen atoms in total. The number of carbonyl (C=O) groups is 1. The Balaban J connectivity index is 1.55. The molecule has 1 aliphatic heterocycles. The van der Waals surface area contributed by atoms with E-state index in [0.29, 0.717) is 0 Å². The highest BCUT2D eigenvalue weighted by atomic mass is 16.1. The maximum Gasteiger partial charge on any atom is 0.253 e. The van der Waals surface area contributed by atoms with E-state index >= 15 is 0 Å². The molecule has 21 heavy (non-hydrogen) atoms. The third-order valence-electron chi connectivity index (χ3n) is 4.24. The van der Waals surface area contributed by atoms with Crippen LogP contribution in [-0.2, 0) is 0 Å². The number of amides is 1. The summed E-state index contributed by atoms with van der Waals surface area (Å²) in [5.41, 5.74) is 1.65. The monoisotopic (exact) mass is 285 g/mol. The number of nitrogens with one attached hydrogen (secondary N) is 2. The topological polar surface area (TPSA) is 48.1 Å². The Morgan fingerprint density at radius 2 is 1.95 bits per heavy atom. The van der Waals surface area contributed by atoms with Gasteiger partial charge in [-0.3, -0.25) is 4.79 Å². The lowest BCUT2D eigenvalue weighted by Crippen LogP contribution is -2.35. The summed E-state index contributed by atoms with van der Waals surface area (Å²) in [6, 6.07) is 7.81. The number of likely N-dealkylation sites (tertiary alicyclic amines) is 1. The predicted molar refractivity (Wildman–Crippen MR) is 85.5 cm³/mol. The van der Waals surface area contributed by atoms with E-state index in [1.807, 2.05) is 30.5 Å². The molecule has 2 heterocycles. The minimum Gasteiger partial charge on any atom is -0.361 e. The van der Waals surface area contributed by atoms with Crippen molar-refractivity contribution in [3.8, 4) is 0 Å². The van der Waals surface area contributed by atoms with Gasteiger partial charge in [0.25, 0.3) is 5.91 Å². The zero-order valence-electron chi connectivity index (χ0n) is 12.4. The van der Waals surface area contributed by atoms with Gasteiger partial charge in [0.05, 0.1) is 11.1 Å². The van der Waals surface area contributed by atoms with Crippen molar-refractivity contribution in [2.75, 3.05) is 26.2 Å². The van der Waals surface area contributed by atoms with E-state index < -0.39 is 0 Å². The Morgan fingerprint density at radius 1 is 1.14 bits per heavy atom. The van der Waals surface area contributed by atoms with Crippen LogP contribution < -0.4 is 5.32 Å². The molecule has 1 aliphatic rings. The fourth-order valence-electron chi connectivity index (χ4n) is 3.06. The van der Waals surface area contributed by atoms with Crippen molar-refractivity contribution in [1.82, 2.24) is 15.2 Å². The standard InChI is InChI=1S/C17H23N3O/c21-17(15-7-5-6-14-8-9-18-16(14)15)19-10-13-20-11-3-1-2-4-12-20/h5-9,18H,1-4,10-13H2,(H,19,21). The number of fused-ring (bicyclic) bond motifs is 1. The summed E-state index contributed by atoms with van der Waals surface area (Å²) in [6.07, 6.45) is 7.14. The molecule has 4 heteroatoms. The number of nitrogens with zero attached hydrogens (tertiary/aromatic N) is 1. The largest absolute Gasteiger partial charge is 0.361 e. The molecule has 1 aromatic heterocycles. The fourth-order valence-corrected chi connectivity index (χ4v) is 3.06. The lowest BCUT2D eigenvalue weighted by molar-refractivity contribution is 0.0950. The second-order valence-corrected chi connectivity index (χ2v) is 5.76. The van der Waals surface area contributed by atoms with Gasteiger partial charge in [-0.05, 0) is 38.1 Å². The van der Waals surface area contributed by atoms with Gasteiger partial charge < -0.3 is 15.2 Å². The first kappa shape index (κ1) is 14.1. The molecule has 0 bridgehead atoms. The second-order valence-electron chi connectivity index (χ2n) is 5.76. The Bertz CT molecular complexity index is 597. The highest BCUT2D eigenvalue weighted by molar-refractivity contribution is 6.05. The molecule has 1 amide bonds. The second kappa shape index (κ2) is 6.76. The molecule has 0 unspecified atom stereocenters. The van der Waals surface area contributed by atoms with Crippen LogP contribution in [0.15, 0.2) is 30.5 Å². The van der Waals surface area contributed by atoms with Crippen LogP contribution in [-0.4, -0.2) is 42.0 Å². The molecule has 3 rings (SSSR count). The number of hydrogen-bond acceptors (Lipinski definition) is 2. The maximum absolute atomic E-state index is 12.3. The van der Waals surface area contributed by atoms with Crippen molar-refractivity contribution in [3.63, 3.8) is 0 Å². The van der Waals surface area contributed by atoms with Gasteiger partial charge in [-0.1, -0.05) is 25.0 Å². The van der Waals surface area contributed by atoms with Gasteiger partial charge in [-0.15, -0.1) is 0 Å². The highest BCUT2D eigenvalue weighted by Crippen LogP contribution is 2.16. The minimum atomic E-state index is 0.0119. The number of benzene rings is 1. The van der Waals surface area contributed by atoms with Crippen LogP contribution >= 0.6 is 0 Å². The van der Waals surface area contributed by atoms with Crippen LogP contribution in [0.4, 0.5) is 0 Å². The molecular formula is C17H23N3O. The summed E-state index contributed by atoms with van der Waals surface area (Å²) in [7, 11) is 0. The van der Waals surface area contributed by atoms with E-state index in [9.17, 15) is 4.79 Å². The molecule has 0 spiro atoms. The van der Waals surface area contributed by atoms with E-state index in [1.165, 1.54) is 38.8 Å². The van der Waals surface area contributed by atoms with E-state index in [2.05, 4.69) is 15.2 Å². The quantitative estimate of drug-likeness (QED) is 0.907. The predicted octanol–water partition coefficient (Wildman–Crippen LogP) is 2.77. The summed E-state index contributed by atoms with van der Waals surface area (Å²) >= 11 is 0. The lowest BCUT2D eigenvalue weighted by atomic mass is 10.1.